The molecule has 3 aromatic rings. The topological polar surface area (TPSA) is 35.5 Å². The van der Waals surface area contributed by atoms with E-state index in [0.29, 0.717) is 11.5 Å². The molecule has 0 fully saturated rings. The van der Waals surface area contributed by atoms with E-state index in [1.807, 2.05) is 73.7 Å². The van der Waals surface area contributed by atoms with Crippen LogP contribution in [0.1, 0.15) is 5.56 Å². The number of aryl methyl sites for hydroxylation is 1. The van der Waals surface area contributed by atoms with Gasteiger partial charge in [0.25, 0.3) is 0 Å². The smallest absolute Gasteiger partial charge is 0.349 e. The van der Waals surface area contributed by atoms with E-state index < -0.39 is 5.97 Å². The number of rotatable bonds is 5. The Hall–Kier alpha value is -2.59. The minimum Gasteiger partial charge on any atom is -0.482 e. The van der Waals surface area contributed by atoms with E-state index >= 15 is 0 Å². The van der Waals surface area contributed by atoms with Crippen LogP contribution in [0.15, 0.2) is 77.3 Å². The maximum absolute atomic E-state index is 12.2. The summed E-state index contributed by atoms with van der Waals surface area (Å²) in [6.45, 7) is 1.78. The summed E-state index contributed by atoms with van der Waals surface area (Å²) in [4.78, 5) is 12.2. The van der Waals surface area contributed by atoms with E-state index in [1.54, 1.807) is 6.07 Å². The molecular formula is C21H17BrO3. The Labute approximate surface area is 155 Å². The fourth-order valence-corrected chi connectivity index (χ4v) is 2.95. The molecule has 0 spiro atoms. The van der Waals surface area contributed by atoms with E-state index in [1.165, 1.54) is 0 Å². The monoisotopic (exact) mass is 396 g/mol. The first kappa shape index (κ1) is 17.2. The molecule has 0 atom stereocenters. The van der Waals surface area contributed by atoms with Crippen molar-refractivity contribution < 1.29 is 14.3 Å². The lowest BCUT2D eigenvalue weighted by Crippen LogP contribution is -2.18. The predicted octanol–water partition coefficient (Wildman–Crippen LogP) is 5.41. The minimum absolute atomic E-state index is 0.147. The number of benzene rings is 3. The Morgan fingerprint density at radius 1 is 0.920 bits per heavy atom. The molecule has 0 N–H and O–H groups in total. The van der Waals surface area contributed by atoms with E-state index in [9.17, 15) is 4.79 Å². The maximum atomic E-state index is 12.2. The van der Waals surface area contributed by atoms with Crippen LogP contribution < -0.4 is 9.47 Å². The number of carbonyl (C=O) groups is 1. The summed E-state index contributed by atoms with van der Waals surface area (Å²) in [6, 6.07) is 22.9. The number of carbonyl (C=O) groups excluding carboxylic acids is 1. The van der Waals surface area contributed by atoms with Gasteiger partial charge in [0.1, 0.15) is 11.5 Å². The second-order valence-corrected chi connectivity index (χ2v) is 6.45. The quantitative estimate of drug-likeness (QED) is 0.427. The molecule has 0 unspecified atom stereocenters. The Morgan fingerprint density at radius 3 is 2.40 bits per heavy atom. The lowest BCUT2D eigenvalue weighted by Gasteiger charge is -2.12. The van der Waals surface area contributed by atoms with Gasteiger partial charge in [0, 0.05) is 10.0 Å². The van der Waals surface area contributed by atoms with Crippen molar-refractivity contribution in [2.75, 3.05) is 6.61 Å². The highest BCUT2D eigenvalue weighted by atomic mass is 79.9. The maximum Gasteiger partial charge on any atom is 0.349 e. The molecule has 0 bridgehead atoms. The molecule has 3 nitrogen and oxygen atoms in total. The molecule has 0 aromatic heterocycles. The van der Waals surface area contributed by atoms with Crippen LogP contribution in [-0.2, 0) is 4.79 Å². The van der Waals surface area contributed by atoms with Gasteiger partial charge in [-0.25, -0.2) is 4.79 Å². The molecule has 0 aliphatic carbocycles. The van der Waals surface area contributed by atoms with Gasteiger partial charge in [-0.3, -0.25) is 0 Å². The van der Waals surface area contributed by atoms with Crippen molar-refractivity contribution in [3.63, 3.8) is 0 Å². The summed E-state index contributed by atoms with van der Waals surface area (Å²) in [5, 5.41) is 0. The normalized spacial score (nSPS) is 10.3. The summed E-state index contributed by atoms with van der Waals surface area (Å²) in [5.74, 6) is 0.747. The van der Waals surface area contributed by atoms with Gasteiger partial charge >= 0.3 is 5.97 Å². The standard InChI is InChI=1S/C21H17BrO3/c1-15-13-17(22)11-12-19(15)24-14-21(23)25-20-10-6-5-9-18(20)16-7-3-2-4-8-16/h2-13H,14H2,1H3. The van der Waals surface area contributed by atoms with Crippen LogP contribution in [-0.4, -0.2) is 12.6 Å². The van der Waals surface area contributed by atoms with Gasteiger partial charge in [0.05, 0.1) is 0 Å². The zero-order valence-electron chi connectivity index (χ0n) is 13.7. The molecule has 0 saturated heterocycles. The molecule has 0 aliphatic rings. The van der Waals surface area contributed by atoms with Crippen molar-refractivity contribution in [1.82, 2.24) is 0 Å². The molecule has 126 valence electrons. The average molecular weight is 397 g/mol. The zero-order chi connectivity index (χ0) is 17.6. The highest BCUT2D eigenvalue weighted by Gasteiger charge is 2.12. The molecule has 3 aromatic carbocycles. The molecular weight excluding hydrogens is 380 g/mol. The lowest BCUT2D eigenvalue weighted by molar-refractivity contribution is -0.136. The molecule has 4 heteroatoms. The molecule has 25 heavy (non-hydrogen) atoms. The highest BCUT2D eigenvalue weighted by Crippen LogP contribution is 2.29. The summed E-state index contributed by atoms with van der Waals surface area (Å²) in [6.07, 6.45) is 0. The summed E-state index contributed by atoms with van der Waals surface area (Å²) >= 11 is 3.40. The van der Waals surface area contributed by atoms with E-state index in [2.05, 4.69) is 15.9 Å². The van der Waals surface area contributed by atoms with Gasteiger partial charge < -0.3 is 9.47 Å². The van der Waals surface area contributed by atoms with Crippen LogP contribution in [0.4, 0.5) is 0 Å². The van der Waals surface area contributed by atoms with Crippen LogP contribution in [0.5, 0.6) is 11.5 Å². The molecule has 3 rings (SSSR count). The van der Waals surface area contributed by atoms with Crippen molar-refractivity contribution in [3.05, 3.63) is 82.8 Å². The fraction of sp³-hybridized carbons (Fsp3) is 0.0952. The third kappa shape index (κ3) is 4.48. The lowest BCUT2D eigenvalue weighted by atomic mass is 10.1. The first-order chi connectivity index (χ1) is 12.1. The van der Waals surface area contributed by atoms with Gasteiger partial charge in [-0.15, -0.1) is 0 Å². The number of hydrogen-bond donors (Lipinski definition) is 0. The Kier molecular flexibility index (Phi) is 5.51. The molecule has 0 aliphatic heterocycles. The zero-order valence-corrected chi connectivity index (χ0v) is 15.3. The Balaban J connectivity index is 1.69. The Morgan fingerprint density at radius 2 is 1.64 bits per heavy atom. The number of esters is 1. The van der Waals surface area contributed by atoms with E-state index in [-0.39, 0.29) is 6.61 Å². The van der Waals surface area contributed by atoms with E-state index in [4.69, 9.17) is 9.47 Å². The second kappa shape index (κ2) is 7.99. The molecule has 0 radical (unpaired) electrons. The van der Waals surface area contributed by atoms with Crippen LogP contribution in [0, 0.1) is 6.92 Å². The van der Waals surface area contributed by atoms with Gasteiger partial charge in [0.15, 0.2) is 6.61 Å². The third-order valence-corrected chi connectivity index (χ3v) is 4.17. The SMILES string of the molecule is Cc1cc(Br)ccc1OCC(=O)Oc1ccccc1-c1ccccc1. The van der Waals surface area contributed by atoms with Crippen molar-refractivity contribution in [2.45, 2.75) is 6.92 Å². The van der Waals surface area contributed by atoms with Gasteiger partial charge in [-0.2, -0.15) is 0 Å². The first-order valence-corrected chi connectivity index (χ1v) is 8.67. The molecule has 0 saturated carbocycles. The van der Waals surface area contributed by atoms with Gasteiger partial charge in [-0.1, -0.05) is 64.5 Å². The summed E-state index contributed by atoms with van der Waals surface area (Å²) in [7, 11) is 0. The van der Waals surface area contributed by atoms with Crippen molar-refractivity contribution >= 4 is 21.9 Å². The van der Waals surface area contributed by atoms with E-state index in [0.717, 1.165) is 21.2 Å². The number of para-hydroxylation sites is 1. The van der Waals surface area contributed by atoms with Gasteiger partial charge in [0.2, 0.25) is 0 Å². The third-order valence-electron chi connectivity index (χ3n) is 3.68. The Bertz CT molecular complexity index is 875. The van der Waals surface area contributed by atoms with Crippen molar-refractivity contribution in [2.24, 2.45) is 0 Å². The molecule has 0 amide bonds. The van der Waals surface area contributed by atoms with Crippen molar-refractivity contribution in [3.8, 4) is 22.6 Å². The van der Waals surface area contributed by atoms with Crippen LogP contribution >= 0.6 is 15.9 Å². The largest absolute Gasteiger partial charge is 0.482 e. The first-order valence-electron chi connectivity index (χ1n) is 7.87. The minimum atomic E-state index is -0.439. The molecule has 0 heterocycles. The number of ether oxygens (including phenoxy) is 2. The average Bonchev–Trinajstić information content (AvgIpc) is 2.62. The van der Waals surface area contributed by atoms with Crippen LogP contribution in [0.25, 0.3) is 11.1 Å². The number of hydrogen-bond acceptors (Lipinski definition) is 3. The summed E-state index contributed by atoms with van der Waals surface area (Å²) in [5.41, 5.74) is 2.82. The number of halogens is 1. The fourth-order valence-electron chi connectivity index (χ4n) is 2.48. The summed E-state index contributed by atoms with van der Waals surface area (Å²) < 4.78 is 12.1. The van der Waals surface area contributed by atoms with Crippen LogP contribution in [0.3, 0.4) is 0 Å². The van der Waals surface area contributed by atoms with Crippen LogP contribution in [0.2, 0.25) is 0 Å². The van der Waals surface area contributed by atoms with Crippen molar-refractivity contribution in [1.29, 1.82) is 0 Å². The highest BCUT2D eigenvalue weighted by molar-refractivity contribution is 9.10. The second-order valence-electron chi connectivity index (χ2n) is 5.53. The predicted molar refractivity (Wildman–Crippen MR) is 102 cm³/mol. The van der Waals surface area contributed by atoms with Gasteiger partial charge in [-0.05, 0) is 42.3 Å².